The van der Waals surface area contributed by atoms with E-state index in [2.05, 4.69) is 34.1 Å². The molecule has 0 saturated carbocycles. The number of ether oxygens (including phenoxy) is 2. The molecule has 1 atom stereocenters. The van der Waals surface area contributed by atoms with Gasteiger partial charge in [-0.3, -0.25) is 0 Å². The van der Waals surface area contributed by atoms with Gasteiger partial charge in [-0.2, -0.15) is 15.0 Å². The summed E-state index contributed by atoms with van der Waals surface area (Å²) in [6, 6.07) is 0.525. The van der Waals surface area contributed by atoms with E-state index in [1.807, 2.05) is 6.92 Å². The maximum Gasteiger partial charge on any atom is 0.322 e. The third-order valence-electron chi connectivity index (χ3n) is 3.05. The van der Waals surface area contributed by atoms with Gasteiger partial charge < -0.3 is 14.8 Å². The lowest BCUT2D eigenvalue weighted by Crippen LogP contribution is -2.40. The van der Waals surface area contributed by atoms with Gasteiger partial charge in [-0.05, 0) is 44.7 Å². The van der Waals surface area contributed by atoms with E-state index >= 15 is 0 Å². The maximum absolute atomic E-state index is 5.90. The van der Waals surface area contributed by atoms with Crippen molar-refractivity contribution in [3.05, 3.63) is 5.28 Å². The highest BCUT2D eigenvalue weighted by atomic mass is 35.5. The van der Waals surface area contributed by atoms with Crippen LogP contribution in [0.3, 0.4) is 0 Å². The van der Waals surface area contributed by atoms with Gasteiger partial charge in [-0.15, -0.1) is 0 Å². The van der Waals surface area contributed by atoms with Crippen LogP contribution in [0.1, 0.15) is 40.0 Å². The summed E-state index contributed by atoms with van der Waals surface area (Å²) in [5.74, 6) is 0.457. The normalized spacial score (nSPS) is 21.5. The molecule has 1 aliphatic heterocycles. The monoisotopic (exact) mass is 300 g/mol. The molecule has 1 aromatic rings. The molecule has 112 valence electrons. The van der Waals surface area contributed by atoms with Crippen molar-refractivity contribution in [2.24, 2.45) is 0 Å². The van der Waals surface area contributed by atoms with Crippen molar-refractivity contribution in [2.45, 2.75) is 51.7 Å². The largest absolute Gasteiger partial charge is 0.463 e. The van der Waals surface area contributed by atoms with E-state index in [0.717, 1.165) is 25.9 Å². The molecule has 0 aromatic carbocycles. The number of hydrogen-bond donors (Lipinski definition) is 1. The molecule has 7 heteroatoms. The first kappa shape index (κ1) is 15.3. The fourth-order valence-electron chi connectivity index (χ4n) is 2.19. The Morgan fingerprint density at radius 1 is 1.40 bits per heavy atom. The third-order valence-corrected chi connectivity index (χ3v) is 3.22. The highest BCUT2D eigenvalue weighted by Gasteiger charge is 2.29. The Hall–Kier alpha value is -1.14. The first-order chi connectivity index (χ1) is 9.48. The number of rotatable bonds is 5. The van der Waals surface area contributed by atoms with Crippen LogP contribution in [0.4, 0.5) is 5.95 Å². The van der Waals surface area contributed by atoms with Gasteiger partial charge in [0.05, 0.1) is 12.2 Å². The Kier molecular flexibility index (Phi) is 4.99. The van der Waals surface area contributed by atoms with Crippen LogP contribution >= 0.6 is 11.6 Å². The van der Waals surface area contributed by atoms with Crippen LogP contribution in [-0.2, 0) is 4.74 Å². The molecule has 2 heterocycles. The quantitative estimate of drug-likeness (QED) is 0.901. The molecular formula is C13H21ClN4O2. The second-order valence-electron chi connectivity index (χ2n) is 5.50. The van der Waals surface area contributed by atoms with Gasteiger partial charge in [0.15, 0.2) is 0 Å². The van der Waals surface area contributed by atoms with E-state index in [-0.39, 0.29) is 22.9 Å². The topological polar surface area (TPSA) is 69.2 Å². The van der Waals surface area contributed by atoms with Crippen LogP contribution in [-0.4, -0.2) is 39.8 Å². The number of hydrogen-bond acceptors (Lipinski definition) is 6. The molecule has 2 rings (SSSR count). The first-order valence-corrected chi connectivity index (χ1v) is 7.31. The standard InChI is InChI=1S/C13H21ClN4O2/c1-4-6-19-12-17-10(14)16-11(18-12)15-9-5-7-20-13(2,3)8-9/h9H,4-8H2,1-3H3,(H,15,16,17,18). The molecule has 1 aromatic heterocycles. The lowest BCUT2D eigenvalue weighted by molar-refractivity contribution is -0.0554. The van der Waals surface area contributed by atoms with Crippen molar-refractivity contribution < 1.29 is 9.47 Å². The molecular weight excluding hydrogens is 280 g/mol. The van der Waals surface area contributed by atoms with Crippen LogP contribution in [0.5, 0.6) is 6.01 Å². The number of halogens is 1. The maximum atomic E-state index is 5.90. The zero-order valence-corrected chi connectivity index (χ0v) is 12.9. The van der Waals surface area contributed by atoms with E-state index in [1.54, 1.807) is 0 Å². The summed E-state index contributed by atoms with van der Waals surface area (Å²) in [5.41, 5.74) is -0.131. The lowest BCUT2D eigenvalue weighted by Gasteiger charge is -2.35. The summed E-state index contributed by atoms with van der Waals surface area (Å²) in [6.07, 6.45) is 2.69. The fourth-order valence-corrected chi connectivity index (χ4v) is 2.34. The Bertz CT molecular complexity index is 456. The van der Waals surface area contributed by atoms with Crippen LogP contribution in [0.15, 0.2) is 0 Å². The van der Waals surface area contributed by atoms with E-state index in [4.69, 9.17) is 21.1 Å². The molecule has 0 spiro atoms. The van der Waals surface area contributed by atoms with Crippen molar-refractivity contribution in [3.63, 3.8) is 0 Å². The molecule has 0 amide bonds. The molecule has 1 saturated heterocycles. The van der Waals surface area contributed by atoms with Crippen molar-refractivity contribution in [3.8, 4) is 6.01 Å². The summed E-state index contributed by atoms with van der Waals surface area (Å²) in [7, 11) is 0. The smallest absolute Gasteiger partial charge is 0.322 e. The van der Waals surface area contributed by atoms with Crippen LogP contribution in [0.25, 0.3) is 0 Å². The van der Waals surface area contributed by atoms with Crippen LogP contribution < -0.4 is 10.1 Å². The third kappa shape index (κ3) is 4.45. The lowest BCUT2D eigenvalue weighted by atomic mass is 9.94. The summed E-state index contributed by atoms with van der Waals surface area (Å²) >= 11 is 5.90. The Labute approximate surface area is 124 Å². The van der Waals surface area contributed by atoms with Gasteiger partial charge in [-0.25, -0.2) is 0 Å². The molecule has 1 fully saturated rings. The highest BCUT2D eigenvalue weighted by molar-refractivity contribution is 6.28. The van der Waals surface area contributed by atoms with E-state index < -0.39 is 0 Å². The fraction of sp³-hybridized carbons (Fsp3) is 0.769. The number of anilines is 1. The van der Waals surface area contributed by atoms with Crippen molar-refractivity contribution in [1.82, 2.24) is 15.0 Å². The van der Waals surface area contributed by atoms with Gasteiger partial charge >= 0.3 is 6.01 Å². The molecule has 1 unspecified atom stereocenters. The zero-order chi connectivity index (χ0) is 14.6. The van der Waals surface area contributed by atoms with Crippen molar-refractivity contribution in [2.75, 3.05) is 18.5 Å². The number of nitrogens with one attached hydrogen (secondary N) is 1. The molecule has 0 radical (unpaired) electrons. The SMILES string of the molecule is CCCOc1nc(Cl)nc(NC2CCOC(C)(C)C2)n1. The van der Waals surface area contributed by atoms with Gasteiger partial charge in [0.1, 0.15) is 0 Å². The number of aromatic nitrogens is 3. The molecule has 20 heavy (non-hydrogen) atoms. The summed E-state index contributed by atoms with van der Waals surface area (Å²) < 4.78 is 11.1. The molecule has 0 bridgehead atoms. The van der Waals surface area contributed by atoms with Crippen LogP contribution in [0.2, 0.25) is 5.28 Å². The zero-order valence-electron chi connectivity index (χ0n) is 12.1. The second-order valence-corrected chi connectivity index (χ2v) is 5.84. The highest BCUT2D eigenvalue weighted by Crippen LogP contribution is 2.26. The van der Waals surface area contributed by atoms with Gasteiger partial charge in [0.2, 0.25) is 11.2 Å². The first-order valence-electron chi connectivity index (χ1n) is 6.93. The average Bonchev–Trinajstić information content (AvgIpc) is 2.34. The minimum atomic E-state index is -0.131. The van der Waals surface area contributed by atoms with Crippen molar-refractivity contribution >= 4 is 17.5 Å². The molecule has 6 nitrogen and oxygen atoms in total. The van der Waals surface area contributed by atoms with E-state index in [9.17, 15) is 0 Å². The second kappa shape index (κ2) is 6.54. The van der Waals surface area contributed by atoms with Gasteiger partial charge in [0.25, 0.3) is 0 Å². The summed E-state index contributed by atoms with van der Waals surface area (Å²) in [5, 5.41) is 3.43. The van der Waals surface area contributed by atoms with E-state index in [1.165, 1.54) is 0 Å². The Morgan fingerprint density at radius 2 is 2.20 bits per heavy atom. The molecule has 1 aliphatic rings. The summed E-state index contributed by atoms with van der Waals surface area (Å²) in [6.45, 7) is 7.47. The van der Waals surface area contributed by atoms with Gasteiger partial charge in [-0.1, -0.05) is 6.92 Å². The van der Waals surface area contributed by atoms with Gasteiger partial charge in [0, 0.05) is 12.6 Å². The summed E-state index contributed by atoms with van der Waals surface area (Å²) in [4.78, 5) is 12.3. The van der Waals surface area contributed by atoms with E-state index in [0.29, 0.717) is 12.6 Å². The Balaban J connectivity index is 2.03. The molecule has 1 N–H and O–H groups in total. The van der Waals surface area contributed by atoms with Crippen LogP contribution in [0, 0.1) is 0 Å². The predicted molar refractivity (Wildman–Crippen MR) is 77.3 cm³/mol. The minimum absolute atomic E-state index is 0.131. The minimum Gasteiger partial charge on any atom is -0.463 e. The Morgan fingerprint density at radius 3 is 2.90 bits per heavy atom. The predicted octanol–water partition coefficient (Wildman–Crippen LogP) is 2.68. The number of nitrogens with zero attached hydrogens (tertiary/aromatic N) is 3. The van der Waals surface area contributed by atoms with Crippen molar-refractivity contribution in [1.29, 1.82) is 0 Å². The average molecular weight is 301 g/mol. The molecule has 0 aliphatic carbocycles.